The number of nitrogens with zero attached hydrogens (tertiary/aromatic N) is 1. The number of methoxy groups -OCH3 is 1. The molecule has 1 aromatic carbocycles. The van der Waals surface area contributed by atoms with E-state index in [4.69, 9.17) is 4.74 Å². The fraction of sp³-hybridized carbons (Fsp3) is 0.467. The van der Waals surface area contributed by atoms with Crippen molar-refractivity contribution < 1.29 is 9.13 Å². The standard InChI is InChI=1S/C15H21FN2O.ClH/c1-3-4-14(18-9-7-17-8-10-18)13-6-5-12(16)11-15(13)19-2;/h3,5-6,11,14,17H,1,4,7-10H2,2H3;1H/t14-;/m1./s1. The first-order chi connectivity index (χ1) is 9.26. The van der Waals surface area contributed by atoms with Gasteiger partial charge in [-0.2, -0.15) is 0 Å². The second-order valence-corrected chi connectivity index (χ2v) is 4.71. The second kappa shape index (κ2) is 8.25. The summed E-state index contributed by atoms with van der Waals surface area (Å²) in [5.41, 5.74) is 1.03. The Hall–Kier alpha value is -1.10. The van der Waals surface area contributed by atoms with Crippen LogP contribution in [0.4, 0.5) is 4.39 Å². The van der Waals surface area contributed by atoms with Crippen molar-refractivity contribution in [3.8, 4) is 5.75 Å². The number of benzene rings is 1. The van der Waals surface area contributed by atoms with Gasteiger partial charge in [0, 0.05) is 43.9 Å². The summed E-state index contributed by atoms with van der Waals surface area (Å²) in [6.07, 6.45) is 2.75. The van der Waals surface area contributed by atoms with Crippen molar-refractivity contribution in [2.75, 3.05) is 33.3 Å². The lowest BCUT2D eigenvalue weighted by Crippen LogP contribution is -2.45. The van der Waals surface area contributed by atoms with Crippen LogP contribution in [0.25, 0.3) is 0 Å². The van der Waals surface area contributed by atoms with Crippen LogP contribution in [0.5, 0.6) is 5.75 Å². The van der Waals surface area contributed by atoms with Crippen molar-refractivity contribution in [1.29, 1.82) is 0 Å². The predicted molar refractivity (Wildman–Crippen MR) is 82.2 cm³/mol. The predicted octanol–water partition coefficient (Wildman–Crippen LogP) is 2.78. The summed E-state index contributed by atoms with van der Waals surface area (Å²) in [5, 5.41) is 3.34. The SMILES string of the molecule is C=CC[C@H](c1ccc(F)cc1OC)N1CCNCC1.Cl. The molecular formula is C15H22ClFN2O. The Kier molecular flexibility index (Phi) is 6.99. The maximum atomic E-state index is 13.3. The lowest BCUT2D eigenvalue weighted by molar-refractivity contribution is 0.171. The molecule has 0 saturated carbocycles. The molecule has 0 unspecified atom stereocenters. The molecule has 0 spiro atoms. The number of hydrogen-bond acceptors (Lipinski definition) is 3. The fourth-order valence-corrected chi connectivity index (χ4v) is 2.58. The van der Waals surface area contributed by atoms with Crippen LogP contribution in [0.2, 0.25) is 0 Å². The van der Waals surface area contributed by atoms with Gasteiger partial charge >= 0.3 is 0 Å². The van der Waals surface area contributed by atoms with Crippen molar-refractivity contribution in [3.63, 3.8) is 0 Å². The molecular weight excluding hydrogens is 279 g/mol. The summed E-state index contributed by atoms with van der Waals surface area (Å²) >= 11 is 0. The largest absolute Gasteiger partial charge is 0.496 e. The third-order valence-corrected chi connectivity index (χ3v) is 3.54. The van der Waals surface area contributed by atoms with E-state index in [-0.39, 0.29) is 24.3 Å². The molecule has 0 aliphatic carbocycles. The Labute approximate surface area is 126 Å². The van der Waals surface area contributed by atoms with Crippen LogP contribution in [0.15, 0.2) is 30.9 Å². The second-order valence-electron chi connectivity index (χ2n) is 4.71. The number of ether oxygens (including phenoxy) is 1. The maximum absolute atomic E-state index is 13.3. The molecule has 1 aliphatic heterocycles. The Morgan fingerprint density at radius 3 is 2.75 bits per heavy atom. The molecule has 1 aliphatic rings. The van der Waals surface area contributed by atoms with Crippen LogP contribution in [-0.2, 0) is 0 Å². The van der Waals surface area contributed by atoms with Gasteiger partial charge in [0.25, 0.3) is 0 Å². The smallest absolute Gasteiger partial charge is 0.126 e. The van der Waals surface area contributed by atoms with Crippen molar-refractivity contribution in [2.24, 2.45) is 0 Å². The summed E-state index contributed by atoms with van der Waals surface area (Å²) in [6, 6.07) is 4.98. The van der Waals surface area contributed by atoms with Crippen LogP contribution in [0.3, 0.4) is 0 Å². The van der Waals surface area contributed by atoms with E-state index in [1.807, 2.05) is 12.1 Å². The molecule has 1 saturated heterocycles. The molecule has 0 amide bonds. The normalized spacial score (nSPS) is 17.1. The molecule has 1 aromatic rings. The van der Waals surface area contributed by atoms with Crippen LogP contribution in [0.1, 0.15) is 18.0 Å². The molecule has 2 rings (SSSR count). The minimum Gasteiger partial charge on any atom is -0.496 e. The number of halogens is 2. The molecule has 1 N–H and O–H groups in total. The van der Waals surface area contributed by atoms with Crippen LogP contribution in [0, 0.1) is 5.82 Å². The van der Waals surface area contributed by atoms with Gasteiger partial charge in [0.15, 0.2) is 0 Å². The zero-order valence-corrected chi connectivity index (χ0v) is 12.6. The Morgan fingerprint density at radius 2 is 2.15 bits per heavy atom. The third kappa shape index (κ3) is 3.95. The van der Waals surface area contributed by atoms with Gasteiger partial charge in [-0.3, -0.25) is 4.90 Å². The van der Waals surface area contributed by atoms with Crippen molar-refractivity contribution >= 4 is 12.4 Å². The molecule has 20 heavy (non-hydrogen) atoms. The summed E-state index contributed by atoms with van der Waals surface area (Å²) in [6.45, 7) is 7.77. The van der Waals surface area contributed by atoms with Gasteiger partial charge in [0.05, 0.1) is 7.11 Å². The number of rotatable bonds is 5. The number of piperazine rings is 1. The molecule has 0 radical (unpaired) electrons. The van der Waals surface area contributed by atoms with E-state index in [0.29, 0.717) is 5.75 Å². The van der Waals surface area contributed by atoms with Gasteiger partial charge in [-0.1, -0.05) is 12.1 Å². The fourth-order valence-electron chi connectivity index (χ4n) is 2.58. The molecule has 5 heteroatoms. The first-order valence-electron chi connectivity index (χ1n) is 6.65. The lowest BCUT2D eigenvalue weighted by atomic mass is 10.00. The molecule has 3 nitrogen and oxygen atoms in total. The van der Waals surface area contributed by atoms with Crippen LogP contribution < -0.4 is 10.1 Å². The van der Waals surface area contributed by atoms with Gasteiger partial charge in [-0.25, -0.2) is 4.39 Å². The van der Waals surface area contributed by atoms with Gasteiger partial charge in [-0.15, -0.1) is 19.0 Å². The average Bonchev–Trinajstić information content (AvgIpc) is 2.46. The van der Waals surface area contributed by atoms with Gasteiger partial charge < -0.3 is 10.1 Å². The van der Waals surface area contributed by atoms with Gasteiger partial charge in [0.2, 0.25) is 0 Å². The zero-order chi connectivity index (χ0) is 13.7. The number of hydrogen-bond donors (Lipinski definition) is 1. The third-order valence-electron chi connectivity index (χ3n) is 3.54. The van der Waals surface area contributed by atoms with Crippen LogP contribution in [-0.4, -0.2) is 38.2 Å². The molecule has 1 fully saturated rings. The van der Waals surface area contributed by atoms with E-state index in [1.54, 1.807) is 7.11 Å². The van der Waals surface area contributed by atoms with Crippen molar-refractivity contribution in [1.82, 2.24) is 10.2 Å². The minimum atomic E-state index is -0.265. The van der Waals surface area contributed by atoms with Gasteiger partial charge in [-0.05, 0) is 12.5 Å². The Morgan fingerprint density at radius 1 is 1.45 bits per heavy atom. The zero-order valence-electron chi connectivity index (χ0n) is 11.8. The van der Waals surface area contributed by atoms with Crippen molar-refractivity contribution in [3.05, 3.63) is 42.2 Å². The quantitative estimate of drug-likeness (QED) is 0.846. The molecule has 1 atom stereocenters. The highest BCUT2D eigenvalue weighted by molar-refractivity contribution is 5.85. The summed E-state index contributed by atoms with van der Waals surface area (Å²) < 4.78 is 18.6. The van der Waals surface area contributed by atoms with Gasteiger partial charge in [0.1, 0.15) is 11.6 Å². The van der Waals surface area contributed by atoms with E-state index >= 15 is 0 Å². The molecule has 1 heterocycles. The summed E-state index contributed by atoms with van der Waals surface area (Å²) in [4.78, 5) is 2.40. The van der Waals surface area contributed by atoms with E-state index in [2.05, 4.69) is 16.8 Å². The van der Waals surface area contributed by atoms with Crippen LogP contribution >= 0.6 is 12.4 Å². The van der Waals surface area contributed by atoms with E-state index in [0.717, 1.165) is 38.2 Å². The molecule has 112 valence electrons. The summed E-state index contributed by atoms with van der Waals surface area (Å²) in [7, 11) is 1.58. The highest BCUT2D eigenvalue weighted by Gasteiger charge is 2.23. The topological polar surface area (TPSA) is 24.5 Å². The molecule has 0 bridgehead atoms. The van der Waals surface area contributed by atoms with E-state index < -0.39 is 0 Å². The Bertz CT molecular complexity index is 436. The highest BCUT2D eigenvalue weighted by atomic mass is 35.5. The van der Waals surface area contributed by atoms with Crippen molar-refractivity contribution in [2.45, 2.75) is 12.5 Å². The van der Waals surface area contributed by atoms with E-state index in [1.165, 1.54) is 12.1 Å². The lowest BCUT2D eigenvalue weighted by Gasteiger charge is -2.35. The Balaban J connectivity index is 0.00000200. The first kappa shape index (κ1) is 17.0. The number of nitrogens with one attached hydrogen (secondary N) is 1. The monoisotopic (exact) mass is 300 g/mol. The first-order valence-corrected chi connectivity index (χ1v) is 6.65. The highest BCUT2D eigenvalue weighted by Crippen LogP contribution is 2.32. The van der Waals surface area contributed by atoms with E-state index in [9.17, 15) is 4.39 Å². The average molecular weight is 301 g/mol. The minimum absolute atomic E-state index is 0. The molecule has 0 aromatic heterocycles. The maximum Gasteiger partial charge on any atom is 0.126 e. The summed E-state index contributed by atoms with van der Waals surface area (Å²) in [5.74, 6) is 0.351.